The smallest absolute Gasteiger partial charge is 0.257 e. The summed E-state index contributed by atoms with van der Waals surface area (Å²) in [5.41, 5.74) is 6.19. The standard InChI is InChI=1S/C33H36N6O2/c1-22-6-7-26(18-30(22)37-32(40)27-12-13-31(34-19-27)36-29-4-3-5-29)33(41)39-16-14-25(15-17-39)23-8-10-24(11-9-23)28-20-35-38(2)21-28/h6-13,18-21,25,29H,3-5,14-17H2,1-2H3,(H,34,36)(H,37,40). The van der Waals surface area contributed by atoms with Crippen molar-refractivity contribution in [3.05, 3.63) is 95.4 Å². The van der Waals surface area contributed by atoms with Crippen LogP contribution < -0.4 is 10.6 Å². The molecule has 0 radical (unpaired) electrons. The number of pyridine rings is 1. The predicted molar refractivity (Wildman–Crippen MR) is 161 cm³/mol. The first-order valence-corrected chi connectivity index (χ1v) is 14.5. The number of rotatable bonds is 7. The van der Waals surface area contributed by atoms with E-state index in [9.17, 15) is 9.59 Å². The van der Waals surface area contributed by atoms with Gasteiger partial charge in [0.25, 0.3) is 11.8 Å². The van der Waals surface area contributed by atoms with Crippen LogP contribution in [0.5, 0.6) is 0 Å². The first-order chi connectivity index (χ1) is 19.9. The number of carbonyl (C=O) groups is 2. The summed E-state index contributed by atoms with van der Waals surface area (Å²) in [4.78, 5) is 32.7. The van der Waals surface area contributed by atoms with Gasteiger partial charge < -0.3 is 15.5 Å². The van der Waals surface area contributed by atoms with Gasteiger partial charge in [0.05, 0.1) is 11.8 Å². The number of aryl methyl sites for hydroxylation is 2. The third-order valence-corrected chi connectivity index (χ3v) is 8.42. The van der Waals surface area contributed by atoms with Crippen molar-refractivity contribution < 1.29 is 9.59 Å². The lowest BCUT2D eigenvalue weighted by molar-refractivity contribution is 0.0712. The summed E-state index contributed by atoms with van der Waals surface area (Å²) >= 11 is 0. The van der Waals surface area contributed by atoms with E-state index in [2.05, 4.69) is 45.0 Å². The molecular formula is C33H36N6O2. The maximum atomic E-state index is 13.4. The van der Waals surface area contributed by atoms with Crippen molar-refractivity contribution in [1.82, 2.24) is 19.7 Å². The minimum atomic E-state index is -0.240. The van der Waals surface area contributed by atoms with E-state index in [1.54, 1.807) is 18.3 Å². The Morgan fingerprint density at radius 1 is 0.878 bits per heavy atom. The summed E-state index contributed by atoms with van der Waals surface area (Å²) in [6, 6.07) is 18.4. The summed E-state index contributed by atoms with van der Waals surface area (Å²) in [5.74, 6) is 0.981. The summed E-state index contributed by atoms with van der Waals surface area (Å²) in [6.45, 7) is 3.34. The van der Waals surface area contributed by atoms with Crippen molar-refractivity contribution >= 4 is 23.3 Å². The fourth-order valence-electron chi connectivity index (χ4n) is 5.58. The van der Waals surface area contributed by atoms with Crippen molar-refractivity contribution in [2.24, 2.45) is 7.05 Å². The van der Waals surface area contributed by atoms with E-state index in [0.717, 1.165) is 48.2 Å². The van der Waals surface area contributed by atoms with Gasteiger partial charge in [0.2, 0.25) is 0 Å². The predicted octanol–water partition coefficient (Wildman–Crippen LogP) is 6.03. The van der Waals surface area contributed by atoms with E-state index in [1.807, 2.05) is 54.1 Å². The molecule has 8 nitrogen and oxygen atoms in total. The van der Waals surface area contributed by atoms with Gasteiger partial charge >= 0.3 is 0 Å². The Balaban J connectivity index is 1.06. The lowest BCUT2D eigenvalue weighted by Crippen LogP contribution is -2.38. The van der Waals surface area contributed by atoms with E-state index in [0.29, 0.717) is 41.9 Å². The maximum absolute atomic E-state index is 13.4. The number of carbonyl (C=O) groups excluding carboxylic acids is 2. The van der Waals surface area contributed by atoms with E-state index in [4.69, 9.17) is 0 Å². The Morgan fingerprint density at radius 3 is 2.27 bits per heavy atom. The summed E-state index contributed by atoms with van der Waals surface area (Å²) in [5, 5.41) is 10.6. The molecule has 41 heavy (non-hydrogen) atoms. The fourth-order valence-corrected chi connectivity index (χ4v) is 5.58. The van der Waals surface area contributed by atoms with Gasteiger partial charge in [-0.2, -0.15) is 5.10 Å². The molecule has 3 heterocycles. The highest BCUT2D eigenvalue weighted by molar-refractivity contribution is 6.05. The van der Waals surface area contributed by atoms with Crippen LogP contribution in [0, 0.1) is 6.92 Å². The number of nitrogens with zero attached hydrogens (tertiary/aromatic N) is 4. The minimum Gasteiger partial charge on any atom is -0.367 e. The highest BCUT2D eigenvalue weighted by Crippen LogP contribution is 2.31. The molecule has 6 rings (SSSR count). The van der Waals surface area contributed by atoms with E-state index >= 15 is 0 Å². The zero-order valence-electron chi connectivity index (χ0n) is 23.6. The van der Waals surface area contributed by atoms with E-state index < -0.39 is 0 Å². The number of amides is 2. The molecule has 0 spiro atoms. The number of aromatic nitrogens is 3. The molecule has 2 amide bonds. The maximum Gasteiger partial charge on any atom is 0.257 e. The van der Waals surface area contributed by atoms with Crippen LogP contribution in [0.15, 0.2) is 73.2 Å². The average Bonchev–Trinajstić information content (AvgIpc) is 3.42. The molecule has 2 aromatic carbocycles. The first kappa shape index (κ1) is 26.7. The van der Waals surface area contributed by atoms with Gasteiger partial charge in [0.1, 0.15) is 5.82 Å². The van der Waals surface area contributed by atoms with Crippen molar-refractivity contribution in [1.29, 1.82) is 0 Å². The van der Waals surface area contributed by atoms with Crippen LogP contribution in [0.2, 0.25) is 0 Å². The van der Waals surface area contributed by atoms with Crippen LogP contribution in [-0.4, -0.2) is 50.6 Å². The van der Waals surface area contributed by atoms with Gasteiger partial charge in [-0.15, -0.1) is 0 Å². The van der Waals surface area contributed by atoms with Gasteiger partial charge in [-0.25, -0.2) is 4.98 Å². The molecule has 1 saturated heterocycles. The van der Waals surface area contributed by atoms with Crippen LogP contribution in [-0.2, 0) is 7.05 Å². The quantitative estimate of drug-likeness (QED) is 0.294. The lowest BCUT2D eigenvalue weighted by Gasteiger charge is -2.32. The molecule has 0 bridgehead atoms. The van der Waals surface area contributed by atoms with Gasteiger partial charge in [0, 0.05) is 55.4 Å². The van der Waals surface area contributed by atoms with Crippen molar-refractivity contribution in [2.45, 2.75) is 51.0 Å². The van der Waals surface area contributed by atoms with Crippen molar-refractivity contribution in [3.63, 3.8) is 0 Å². The zero-order chi connectivity index (χ0) is 28.3. The number of hydrogen-bond donors (Lipinski definition) is 2. The highest BCUT2D eigenvalue weighted by atomic mass is 16.2. The zero-order valence-corrected chi connectivity index (χ0v) is 23.6. The minimum absolute atomic E-state index is 0.000960. The van der Waals surface area contributed by atoms with Crippen LogP contribution in [0.4, 0.5) is 11.5 Å². The Bertz CT molecular complexity index is 1530. The third kappa shape index (κ3) is 6.01. The number of likely N-dealkylation sites (tertiary alicyclic amines) is 1. The molecule has 1 aliphatic carbocycles. The summed E-state index contributed by atoms with van der Waals surface area (Å²) in [6.07, 6.45) is 10.9. The highest BCUT2D eigenvalue weighted by Gasteiger charge is 2.25. The number of hydrogen-bond acceptors (Lipinski definition) is 5. The van der Waals surface area contributed by atoms with E-state index in [-0.39, 0.29) is 11.8 Å². The van der Waals surface area contributed by atoms with Crippen LogP contribution in [0.25, 0.3) is 11.1 Å². The Hall–Kier alpha value is -4.46. The average molecular weight is 549 g/mol. The summed E-state index contributed by atoms with van der Waals surface area (Å²) in [7, 11) is 1.92. The Labute approximate surface area is 240 Å². The van der Waals surface area contributed by atoms with E-state index in [1.165, 1.54) is 12.0 Å². The molecule has 2 aliphatic rings. The van der Waals surface area contributed by atoms with Gasteiger partial charge in [-0.1, -0.05) is 30.3 Å². The molecular weight excluding hydrogens is 512 g/mol. The molecule has 2 N–H and O–H groups in total. The van der Waals surface area contributed by atoms with Crippen LogP contribution in [0.1, 0.15) is 69.9 Å². The van der Waals surface area contributed by atoms with Gasteiger partial charge in [0.15, 0.2) is 0 Å². The number of anilines is 2. The molecule has 8 heteroatoms. The lowest BCUT2D eigenvalue weighted by atomic mass is 9.88. The number of benzene rings is 2. The molecule has 1 saturated carbocycles. The molecule has 0 atom stereocenters. The molecule has 0 unspecified atom stereocenters. The number of nitrogens with one attached hydrogen (secondary N) is 2. The third-order valence-electron chi connectivity index (χ3n) is 8.42. The topological polar surface area (TPSA) is 92.2 Å². The normalized spacial score (nSPS) is 15.8. The molecule has 1 aliphatic heterocycles. The second kappa shape index (κ2) is 11.6. The molecule has 2 fully saturated rings. The Morgan fingerprint density at radius 2 is 1.63 bits per heavy atom. The Kier molecular flexibility index (Phi) is 7.55. The largest absolute Gasteiger partial charge is 0.367 e. The van der Waals surface area contributed by atoms with Gasteiger partial charge in [-0.05, 0) is 85.9 Å². The molecule has 210 valence electrons. The van der Waals surface area contributed by atoms with Crippen molar-refractivity contribution in [3.8, 4) is 11.1 Å². The first-order valence-electron chi connectivity index (χ1n) is 14.5. The summed E-state index contributed by atoms with van der Waals surface area (Å²) < 4.78 is 1.81. The van der Waals surface area contributed by atoms with Crippen LogP contribution in [0.3, 0.4) is 0 Å². The van der Waals surface area contributed by atoms with Crippen LogP contribution >= 0.6 is 0 Å². The molecule has 2 aromatic heterocycles. The van der Waals surface area contributed by atoms with Crippen molar-refractivity contribution in [2.75, 3.05) is 23.7 Å². The monoisotopic (exact) mass is 548 g/mol. The second-order valence-corrected chi connectivity index (χ2v) is 11.3. The second-order valence-electron chi connectivity index (χ2n) is 11.3. The van der Waals surface area contributed by atoms with Gasteiger partial charge in [-0.3, -0.25) is 14.3 Å². The number of piperidine rings is 1. The fraction of sp³-hybridized carbons (Fsp3) is 0.333. The molecule has 4 aromatic rings. The SMILES string of the molecule is Cc1ccc(C(=O)N2CCC(c3ccc(-c4cnn(C)c4)cc3)CC2)cc1NC(=O)c1ccc(NC2CCC2)nc1.